The maximum absolute atomic E-state index is 13.2. The van der Waals surface area contributed by atoms with Crippen molar-refractivity contribution in [2.75, 3.05) is 6.61 Å². The van der Waals surface area contributed by atoms with Gasteiger partial charge in [-0.2, -0.15) is 0 Å². The summed E-state index contributed by atoms with van der Waals surface area (Å²) in [5.74, 6) is -0.245. The van der Waals surface area contributed by atoms with Gasteiger partial charge in [-0.3, -0.25) is 4.79 Å². The van der Waals surface area contributed by atoms with Crippen molar-refractivity contribution < 1.29 is 13.9 Å². The number of aliphatic imine (C=N–C) groups is 1. The van der Waals surface area contributed by atoms with E-state index in [0.717, 1.165) is 5.56 Å². The first-order valence-electron chi connectivity index (χ1n) is 6.99. The Kier molecular flexibility index (Phi) is 3.87. The molecule has 1 heterocycles. The molecular formula is C17H15FN2O2. The van der Waals surface area contributed by atoms with Gasteiger partial charge in [-0.25, -0.2) is 9.38 Å². The number of benzene rings is 2. The van der Waals surface area contributed by atoms with E-state index in [-0.39, 0.29) is 24.3 Å². The number of carbonyl (C=O) groups is 1. The fourth-order valence-corrected chi connectivity index (χ4v) is 2.25. The molecule has 112 valence electrons. The van der Waals surface area contributed by atoms with Crippen molar-refractivity contribution in [2.45, 2.75) is 13.0 Å². The van der Waals surface area contributed by atoms with E-state index in [1.54, 1.807) is 0 Å². The van der Waals surface area contributed by atoms with Gasteiger partial charge in [0.1, 0.15) is 29.6 Å². The van der Waals surface area contributed by atoms with Crippen LogP contribution in [0.25, 0.3) is 0 Å². The van der Waals surface area contributed by atoms with Crippen LogP contribution in [0.3, 0.4) is 0 Å². The van der Waals surface area contributed by atoms with Gasteiger partial charge in [0, 0.05) is 6.07 Å². The van der Waals surface area contributed by atoms with E-state index in [9.17, 15) is 9.18 Å². The van der Waals surface area contributed by atoms with Crippen molar-refractivity contribution in [3.63, 3.8) is 0 Å². The van der Waals surface area contributed by atoms with E-state index in [4.69, 9.17) is 4.74 Å². The third kappa shape index (κ3) is 2.98. The van der Waals surface area contributed by atoms with Gasteiger partial charge in [0.2, 0.25) is 0 Å². The van der Waals surface area contributed by atoms with Gasteiger partial charge < -0.3 is 10.1 Å². The first-order valence-corrected chi connectivity index (χ1v) is 6.99. The number of nitrogens with zero attached hydrogens (tertiary/aromatic N) is 1. The third-order valence-corrected chi connectivity index (χ3v) is 3.45. The summed E-state index contributed by atoms with van der Waals surface area (Å²) in [4.78, 5) is 16.5. The molecule has 2 aromatic carbocycles. The molecule has 0 aromatic heterocycles. The highest BCUT2D eigenvalue weighted by molar-refractivity contribution is 6.40. The highest BCUT2D eigenvalue weighted by Gasteiger charge is 2.21. The Bertz CT molecular complexity index is 729. The van der Waals surface area contributed by atoms with Crippen molar-refractivity contribution in [2.24, 2.45) is 4.99 Å². The molecule has 0 bridgehead atoms. The highest BCUT2D eigenvalue weighted by atomic mass is 19.1. The minimum atomic E-state index is -0.412. The Morgan fingerprint density at radius 1 is 1.27 bits per heavy atom. The molecule has 5 heteroatoms. The minimum Gasteiger partial charge on any atom is -0.485 e. The summed E-state index contributed by atoms with van der Waals surface area (Å²) >= 11 is 0. The van der Waals surface area contributed by atoms with Crippen LogP contribution in [0.2, 0.25) is 0 Å². The normalized spacial score (nSPS) is 14.4. The lowest BCUT2D eigenvalue weighted by atomic mass is 10.1. The third-order valence-electron chi connectivity index (χ3n) is 3.45. The second-order valence-electron chi connectivity index (χ2n) is 5.07. The maximum atomic E-state index is 13.2. The molecule has 4 nitrogen and oxygen atoms in total. The molecule has 2 aromatic rings. The molecular weight excluding hydrogens is 283 g/mol. The van der Waals surface area contributed by atoms with Crippen LogP contribution in [0.1, 0.15) is 18.5 Å². The predicted octanol–water partition coefficient (Wildman–Crippen LogP) is 3.17. The minimum absolute atomic E-state index is 0.0754. The average Bonchev–Trinajstić information content (AvgIpc) is 2.54. The zero-order valence-electron chi connectivity index (χ0n) is 12.0. The van der Waals surface area contributed by atoms with Gasteiger partial charge >= 0.3 is 0 Å². The molecule has 0 fully saturated rings. The summed E-state index contributed by atoms with van der Waals surface area (Å²) < 4.78 is 18.7. The first kappa shape index (κ1) is 14.3. The van der Waals surface area contributed by atoms with Crippen LogP contribution < -0.4 is 10.1 Å². The summed E-state index contributed by atoms with van der Waals surface area (Å²) in [5, 5.41) is 2.87. The Morgan fingerprint density at radius 2 is 2.05 bits per heavy atom. The van der Waals surface area contributed by atoms with Crippen LogP contribution in [0, 0.1) is 5.82 Å². The lowest BCUT2D eigenvalue weighted by molar-refractivity contribution is -0.115. The molecule has 0 saturated carbocycles. The van der Waals surface area contributed by atoms with E-state index in [1.807, 2.05) is 37.3 Å². The smallest absolute Gasteiger partial charge is 0.269 e. The number of hydrogen-bond acceptors (Lipinski definition) is 3. The van der Waals surface area contributed by atoms with Crippen molar-refractivity contribution in [3.05, 3.63) is 59.9 Å². The lowest BCUT2D eigenvalue weighted by Gasteiger charge is -2.19. The number of amides is 1. The van der Waals surface area contributed by atoms with Crippen LogP contribution in [-0.4, -0.2) is 18.2 Å². The molecule has 0 aliphatic carbocycles. The maximum Gasteiger partial charge on any atom is 0.269 e. The van der Waals surface area contributed by atoms with Crippen LogP contribution in [0.4, 0.5) is 10.1 Å². The SMILES string of the molecule is C[C@H](NC(=O)C1=Nc2cc(F)ccc2OC1)c1ccccc1. The number of halogens is 1. The van der Waals surface area contributed by atoms with Gasteiger partial charge in [0.25, 0.3) is 5.91 Å². The first-order chi connectivity index (χ1) is 10.6. The van der Waals surface area contributed by atoms with E-state index in [2.05, 4.69) is 10.3 Å². The predicted molar refractivity (Wildman–Crippen MR) is 82.0 cm³/mol. The van der Waals surface area contributed by atoms with Crippen molar-refractivity contribution >= 4 is 17.3 Å². The van der Waals surface area contributed by atoms with E-state index in [0.29, 0.717) is 11.4 Å². The summed E-state index contributed by atoms with van der Waals surface area (Å²) in [6, 6.07) is 13.5. The Morgan fingerprint density at radius 3 is 2.82 bits per heavy atom. The Labute approximate surface area is 127 Å². The van der Waals surface area contributed by atoms with E-state index < -0.39 is 5.82 Å². The second kappa shape index (κ2) is 5.97. The molecule has 0 spiro atoms. The highest BCUT2D eigenvalue weighted by Crippen LogP contribution is 2.31. The molecule has 22 heavy (non-hydrogen) atoms. The van der Waals surface area contributed by atoms with Gasteiger partial charge in [0.15, 0.2) is 0 Å². The quantitative estimate of drug-likeness (QED) is 0.946. The summed E-state index contributed by atoms with van der Waals surface area (Å²) in [6.07, 6.45) is 0. The molecule has 1 amide bonds. The van der Waals surface area contributed by atoms with Crippen molar-refractivity contribution in [1.29, 1.82) is 0 Å². The monoisotopic (exact) mass is 298 g/mol. The number of rotatable bonds is 3. The summed E-state index contributed by atoms with van der Waals surface area (Å²) in [5.41, 5.74) is 1.57. The number of fused-ring (bicyclic) bond motifs is 1. The van der Waals surface area contributed by atoms with Gasteiger partial charge in [-0.1, -0.05) is 30.3 Å². The van der Waals surface area contributed by atoms with E-state index in [1.165, 1.54) is 18.2 Å². The second-order valence-corrected chi connectivity index (χ2v) is 5.07. The summed E-state index contributed by atoms with van der Waals surface area (Å²) in [6.45, 7) is 1.97. The van der Waals surface area contributed by atoms with Crippen LogP contribution in [-0.2, 0) is 4.79 Å². The Balaban J connectivity index is 1.76. The molecule has 0 radical (unpaired) electrons. The van der Waals surface area contributed by atoms with Crippen LogP contribution >= 0.6 is 0 Å². The average molecular weight is 298 g/mol. The molecule has 1 atom stereocenters. The molecule has 3 rings (SSSR count). The molecule has 0 unspecified atom stereocenters. The number of nitrogens with one attached hydrogen (secondary N) is 1. The van der Waals surface area contributed by atoms with Crippen LogP contribution in [0.5, 0.6) is 5.75 Å². The van der Waals surface area contributed by atoms with Crippen molar-refractivity contribution in [1.82, 2.24) is 5.32 Å². The fraction of sp³-hybridized carbons (Fsp3) is 0.176. The van der Waals surface area contributed by atoms with Gasteiger partial charge in [0.05, 0.1) is 6.04 Å². The zero-order chi connectivity index (χ0) is 15.5. The zero-order valence-corrected chi connectivity index (χ0v) is 12.0. The van der Waals surface area contributed by atoms with E-state index >= 15 is 0 Å². The molecule has 0 saturated heterocycles. The standard InChI is InChI=1S/C17H15FN2O2/c1-11(12-5-3-2-4-6-12)19-17(21)15-10-22-16-8-7-13(18)9-14(16)20-15/h2-9,11H,10H2,1H3,(H,19,21)/t11-/m0/s1. The number of carbonyl (C=O) groups excluding carboxylic acids is 1. The molecule has 1 aliphatic heterocycles. The van der Waals surface area contributed by atoms with Crippen LogP contribution in [0.15, 0.2) is 53.5 Å². The largest absolute Gasteiger partial charge is 0.485 e. The number of hydrogen-bond donors (Lipinski definition) is 1. The molecule has 1 aliphatic rings. The molecule has 1 N–H and O–H groups in total. The fourth-order valence-electron chi connectivity index (χ4n) is 2.25. The Hall–Kier alpha value is -2.69. The van der Waals surface area contributed by atoms with Gasteiger partial charge in [-0.15, -0.1) is 0 Å². The summed E-state index contributed by atoms with van der Waals surface area (Å²) in [7, 11) is 0. The van der Waals surface area contributed by atoms with Crippen molar-refractivity contribution in [3.8, 4) is 5.75 Å². The lowest BCUT2D eigenvalue weighted by Crippen LogP contribution is -2.37. The number of ether oxygens (including phenoxy) is 1. The topological polar surface area (TPSA) is 50.7 Å². The van der Waals surface area contributed by atoms with Gasteiger partial charge in [-0.05, 0) is 24.6 Å².